The van der Waals surface area contributed by atoms with Crippen LogP contribution in [0.25, 0.3) is 0 Å². The van der Waals surface area contributed by atoms with Crippen molar-refractivity contribution in [1.82, 2.24) is 9.46 Å². The Kier molecular flexibility index (Phi) is 4.22. The zero-order valence-electron chi connectivity index (χ0n) is 12.8. The van der Waals surface area contributed by atoms with Gasteiger partial charge in [0.2, 0.25) is 10.0 Å². The minimum absolute atomic E-state index is 0.0489. The van der Waals surface area contributed by atoms with Crippen LogP contribution in [0.4, 0.5) is 4.39 Å². The molecule has 1 unspecified atom stereocenters. The molecule has 124 valence electrons. The molecule has 0 aliphatic carbocycles. The summed E-state index contributed by atoms with van der Waals surface area (Å²) in [6.07, 6.45) is -0.639. The van der Waals surface area contributed by atoms with Crippen molar-refractivity contribution in [3.8, 4) is 0 Å². The molecule has 0 N–H and O–H groups in total. The molecular formula is C15H17FN2O4S. The highest BCUT2D eigenvalue weighted by Crippen LogP contribution is 2.30. The summed E-state index contributed by atoms with van der Waals surface area (Å²) in [5.74, 6) is -0.162. The van der Waals surface area contributed by atoms with Gasteiger partial charge in [0.1, 0.15) is 16.4 Å². The van der Waals surface area contributed by atoms with Crippen LogP contribution in [0.3, 0.4) is 0 Å². The van der Waals surface area contributed by atoms with Crippen molar-refractivity contribution in [1.29, 1.82) is 0 Å². The van der Waals surface area contributed by atoms with E-state index in [0.717, 1.165) is 0 Å². The van der Waals surface area contributed by atoms with Gasteiger partial charge in [-0.25, -0.2) is 12.8 Å². The molecule has 1 aromatic heterocycles. The molecule has 23 heavy (non-hydrogen) atoms. The van der Waals surface area contributed by atoms with Gasteiger partial charge in [0.05, 0.1) is 12.7 Å². The van der Waals surface area contributed by atoms with Gasteiger partial charge in [-0.1, -0.05) is 23.4 Å². The van der Waals surface area contributed by atoms with Crippen molar-refractivity contribution in [2.24, 2.45) is 0 Å². The first-order chi connectivity index (χ1) is 10.9. The number of aromatic nitrogens is 1. The standard InChI is InChI=1S/C15H17FN2O4S/c1-10-15(11(2)22-17-10)23(19,20)18-7-8-21-14(9-18)12-5-3-4-6-13(12)16/h3-6,14H,7-9H2,1-2H3. The van der Waals surface area contributed by atoms with Crippen molar-refractivity contribution >= 4 is 10.0 Å². The molecule has 1 saturated heterocycles. The van der Waals surface area contributed by atoms with Gasteiger partial charge in [0.25, 0.3) is 0 Å². The lowest BCUT2D eigenvalue weighted by molar-refractivity contribution is -0.00446. The third-order valence-electron chi connectivity index (χ3n) is 3.85. The van der Waals surface area contributed by atoms with Crippen LogP contribution in [0.5, 0.6) is 0 Å². The molecule has 1 atom stereocenters. The lowest BCUT2D eigenvalue weighted by Gasteiger charge is -2.32. The molecule has 1 aliphatic rings. The fourth-order valence-corrected chi connectivity index (χ4v) is 4.46. The topological polar surface area (TPSA) is 72.6 Å². The first kappa shape index (κ1) is 16.1. The Morgan fingerprint density at radius 2 is 2.04 bits per heavy atom. The van der Waals surface area contributed by atoms with Crippen LogP contribution in [-0.2, 0) is 14.8 Å². The van der Waals surface area contributed by atoms with Crippen molar-refractivity contribution in [2.75, 3.05) is 19.7 Å². The average Bonchev–Trinajstić information content (AvgIpc) is 2.87. The van der Waals surface area contributed by atoms with Gasteiger partial charge in [-0.2, -0.15) is 4.31 Å². The SMILES string of the molecule is Cc1noc(C)c1S(=O)(=O)N1CCOC(c2ccccc2F)C1. The van der Waals surface area contributed by atoms with E-state index in [0.29, 0.717) is 11.3 Å². The summed E-state index contributed by atoms with van der Waals surface area (Å²) in [5.41, 5.74) is 0.669. The molecule has 2 heterocycles. The maximum Gasteiger partial charge on any atom is 0.248 e. The van der Waals surface area contributed by atoms with E-state index < -0.39 is 21.9 Å². The summed E-state index contributed by atoms with van der Waals surface area (Å²) >= 11 is 0. The number of hydrogen-bond acceptors (Lipinski definition) is 5. The molecule has 6 nitrogen and oxygen atoms in total. The second-order valence-corrected chi connectivity index (χ2v) is 7.27. The molecule has 8 heteroatoms. The van der Waals surface area contributed by atoms with E-state index in [1.165, 1.54) is 10.4 Å². The van der Waals surface area contributed by atoms with Crippen LogP contribution in [0.2, 0.25) is 0 Å². The maximum atomic E-state index is 13.9. The fraction of sp³-hybridized carbons (Fsp3) is 0.400. The highest BCUT2D eigenvalue weighted by Gasteiger charge is 2.35. The minimum atomic E-state index is -3.76. The summed E-state index contributed by atoms with van der Waals surface area (Å²) in [4.78, 5) is 0.0756. The molecule has 1 aromatic carbocycles. The van der Waals surface area contributed by atoms with Crippen LogP contribution in [0, 0.1) is 19.7 Å². The van der Waals surface area contributed by atoms with Gasteiger partial charge in [-0.3, -0.25) is 0 Å². The molecule has 2 aromatic rings. The van der Waals surface area contributed by atoms with Gasteiger partial charge in [0, 0.05) is 18.7 Å². The third kappa shape index (κ3) is 2.89. The van der Waals surface area contributed by atoms with E-state index in [1.54, 1.807) is 32.0 Å². The van der Waals surface area contributed by atoms with Gasteiger partial charge in [0.15, 0.2) is 5.76 Å². The zero-order valence-corrected chi connectivity index (χ0v) is 13.6. The molecule has 1 aliphatic heterocycles. The van der Waals surface area contributed by atoms with E-state index in [9.17, 15) is 12.8 Å². The summed E-state index contributed by atoms with van der Waals surface area (Å²) in [6, 6.07) is 6.22. The Labute approximate surface area is 133 Å². The largest absolute Gasteiger partial charge is 0.371 e. The highest BCUT2D eigenvalue weighted by atomic mass is 32.2. The van der Waals surface area contributed by atoms with Crippen molar-refractivity contribution in [2.45, 2.75) is 24.8 Å². The van der Waals surface area contributed by atoms with Gasteiger partial charge >= 0.3 is 0 Å². The van der Waals surface area contributed by atoms with Crippen LogP contribution in [-0.4, -0.2) is 37.6 Å². The maximum absolute atomic E-state index is 13.9. The summed E-state index contributed by atoms with van der Waals surface area (Å²) in [5, 5.41) is 3.70. The number of hydrogen-bond donors (Lipinski definition) is 0. The monoisotopic (exact) mass is 340 g/mol. The van der Waals surface area contributed by atoms with Crippen LogP contribution in [0.15, 0.2) is 33.7 Å². The van der Waals surface area contributed by atoms with Crippen LogP contribution in [0.1, 0.15) is 23.1 Å². The van der Waals surface area contributed by atoms with Gasteiger partial charge < -0.3 is 9.26 Å². The third-order valence-corrected chi connectivity index (χ3v) is 5.96. The second kappa shape index (κ2) is 6.03. The fourth-order valence-electron chi connectivity index (χ4n) is 2.74. The van der Waals surface area contributed by atoms with E-state index in [2.05, 4.69) is 5.16 Å². The Morgan fingerprint density at radius 1 is 1.30 bits per heavy atom. The van der Waals surface area contributed by atoms with Crippen molar-refractivity contribution in [3.63, 3.8) is 0 Å². The molecule has 0 bridgehead atoms. The highest BCUT2D eigenvalue weighted by molar-refractivity contribution is 7.89. The molecule has 1 fully saturated rings. The van der Waals surface area contributed by atoms with Crippen LogP contribution < -0.4 is 0 Å². The number of ether oxygens (including phenoxy) is 1. The second-order valence-electron chi connectivity index (χ2n) is 5.40. The van der Waals surface area contributed by atoms with E-state index >= 15 is 0 Å². The predicted molar refractivity (Wildman–Crippen MR) is 79.8 cm³/mol. The summed E-state index contributed by atoms with van der Waals surface area (Å²) < 4.78 is 51.4. The number of benzene rings is 1. The Morgan fingerprint density at radius 3 is 2.70 bits per heavy atom. The number of sulfonamides is 1. The summed E-state index contributed by atoms with van der Waals surface area (Å²) in [6.45, 7) is 3.59. The van der Waals surface area contributed by atoms with E-state index in [-0.39, 0.29) is 30.4 Å². The first-order valence-electron chi connectivity index (χ1n) is 7.20. The summed E-state index contributed by atoms with van der Waals surface area (Å²) in [7, 11) is -3.76. The molecule has 0 radical (unpaired) electrons. The number of rotatable bonds is 3. The lowest BCUT2D eigenvalue weighted by atomic mass is 10.1. The number of nitrogens with zero attached hydrogens (tertiary/aromatic N) is 2. The molecular weight excluding hydrogens is 323 g/mol. The zero-order chi connectivity index (χ0) is 16.6. The Hall–Kier alpha value is -1.77. The lowest BCUT2D eigenvalue weighted by Crippen LogP contribution is -2.42. The Balaban J connectivity index is 1.91. The van der Waals surface area contributed by atoms with Crippen LogP contribution >= 0.6 is 0 Å². The number of halogens is 1. The first-order valence-corrected chi connectivity index (χ1v) is 8.64. The minimum Gasteiger partial charge on any atom is -0.371 e. The average molecular weight is 340 g/mol. The van der Waals surface area contributed by atoms with Gasteiger partial charge in [-0.05, 0) is 19.9 Å². The molecule has 0 spiro atoms. The Bertz CT molecular complexity index is 799. The smallest absolute Gasteiger partial charge is 0.248 e. The molecule has 0 saturated carbocycles. The normalized spacial score (nSPS) is 19.9. The van der Waals surface area contributed by atoms with Crippen molar-refractivity contribution in [3.05, 3.63) is 47.1 Å². The quantitative estimate of drug-likeness (QED) is 0.856. The van der Waals surface area contributed by atoms with Gasteiger partial charge in [-0.15, -0.1) is 0 Å². The molecule has 0 amide bonds. The predicted octanol–water partition coefficient (Wildman–Crippen LogP) is 2.19. The number of morpholine rings is 1. The van der Waals surface area contributed by atoms with E-state index in [1.807, 2.05) is 0 Å². The van der Waals surface area contributed by atoms with E-state index in [4.69, 9.17) is 9.26 Å². The molecule has 3 rings (SSSR count). The number of aryl methyl sites for hydroxylation is 2. The van der Waals surface area contributed by atoms with Crippen molar-refractivity contribution < 1.29 is 22.1 Å².